The van der Waals surface area contributed by atoms with E-state index in [1.807, 2.05) is 0 Å². The molecular formula is C122H79N3. The van der Waals surface area contributed by atoms with E-state index in [1.165, 1.54) is 165 Å². The van der Waals surface area contributed by atoms with E-state index >= 15 is 0 Å². The van der Waals surface area contributed by atoms with Crippen LogP contribution in [0.4, 0.5) is 0 Å². The second-order valence-corrected chi connectivity index (χ2v) is 32.9. The van der Waals surface area contributed by atoms with E-state index in [4.69, 9.17) is 0 Å². The smallest absolute Gasteiger partial charge is 0.0541 e. The zero-order chi connectivity index (χ0) is 82.4. The van der Waals surface area contributed by atoms with Gasteiger partial charge in [0.2, 0.25) is 0 Å². The van der Waals surface area contributed by atoms with Crippen LogP contribution in [0.5, 0.6) is 0 Å². The van der Waals surface area contributed by atoms with Crippen molar-refractivity contribution in [2.24, 2.45) is 0 Å². The van der Waals surface area contributed by atoms with Crippen LogP contribution in [-0.2, 0) is 0 Å². The highest BCUT2D eigenvalue weighted by Gasteiger charge is 2.24. The predicted octanol–water partition coefficient (Wildman–Crippen LogP) is 33.3. The Morgan fingerprint density at radius 3 is 0.512 bits per heavy atom. The number of hydrogen-bond acceptors (Lipinski definition) is 0. The molecule has 24 rings (SSSR count). The largest absolute Gasteiger partial charge is 0.309 e. The Kier molecular flexibility index (Phi) is 17.6. The van der Waals surface area contributed by atoms with Gasteiger partial charge in [-0.2, -0.15) is 0 Å². The minimum atomic E-state index is 1.09. The van der Waals surface area contributed by atoms with Crippen molar-refractivity contribution >= 4 is 87.0 Å². The lowest BCUT2D eigenvalue weighted by molar-refractivity contribution is 1.18. The number of rotatable bonds is 15. The average molecular weight is 1590 g/mol. The van der Waals surface area contributed by atoms with Gasteiger partial charge in [-0.1, -0.05) is 370 Å². The van der Waals surface area contributed by atoms with E-state index < -0.39 is 0 Å². The minimum Gasteiger partial charge on any atom is -0.309 e. The van der Waals surface area contributed by atoms with Crippen LogP contribution in [0.15, 0.2) is 479 Å². The number of aromatic nitrogens is 3. The predicted molar refractivity (Wildman–Crippen MR) is 530 cm³/mol. The van der Waals surface area contributed by atoms with Crippen LogP contribution in [0.25, 0.3) is 238 Å². The van der Waals surface area contributed by atoms with Crippen LogP contribution in [0, 0.1) is 0 Å². The van der Waals surface area contributed by atoms with Crippen molar-refractivity contribution in [3.05, 3.63) is 479 Å². The average Bonchev–Trinajstić information content (AvgIpc) is 1.73. The van der Waals surface area contributed by atoms with Gasteiger partial charge in [-0.3, -0.25) is 0 Å². The fourth-order valence-corrected chi connectivity index (χ4v) is 20.1. The van der Waals surface area contributed by atoms with E-state index in [0.29, 0.717) is 0 Å². The topological polar surface area (TPSA) is 14.8 Å². The normalized spacial score (nSPS) is 11.7. The monoisotopic (exact) mass is 1590 g/mol. The van der Waals surface area contributed by atoms with Gasteiger partial charge in [0.1, 0.15) is 0 Å². The quantitative estimate of drug-likeness (QED) is 0.0909. The summed E-state index contributed by atoms with van der Waals surface area (Å²) in [6, 6.07) is 177. The van der Waals surface area contributed by atoms with Gasteiger partial charge in [0.25, 0.3) is 0 Å². The van der Waals surface area contributed by atoms with Crippen LogP contribution in [0.2, 0.25) is 0 Å². The Morgan fingerprint density at radius 2 is 0.272 bits per heavy atom. The Balaban J connectivity index is 0.640. The zero-order valence-corrected chi connectivity index (χ0v) is 68.5. The molecule has 3 heterocycles. The van der Waals surface area contributed by atoms with Crippen LogP contribution < -0.4 is 0 Å². The molecule has 0 unspecified atom stereocenters. The fourth-order valence-electron chi connectivity index (χ4n) is 20.1. The van der Waals surface area contributed by atoms with E-state index in [2.05, 4.69) is 493 Å². The molecule has 125 heavy (non-hydrogen) atoms. The van der Waals surface area contributed by atoms with Gasteiger partial charge >= 0.3 is 0 Å². The third-order valence-electron chi connectivity index (χ3n) is 25.9. The molecule has 3 nitrogen and oxygen atoms in total. The highest BCUT2D eigenvalue weighted by Crippen LogP contribution is 2.49. The first-order valence-corrected chi connectivity index (χ1v) is 43.2. The van der Waals surface area contributed by atoms with Crippen molar-refractivity contribution in [2.75, 3.05) is 0 Å². The number of nitrogens with zero attached hydrogens (tertiary/aromatic N) is 3. The van der Waals surface area contributed by atoms with Crippen molar-refractivity contribution in [3.63, 3.8) is 0 Å². The maximum absolute atomic E-state index is 2.47. The molecule has 3 heteroatoms. The van der Waals surface area contributed by atoms with Crippen molar-refractivity contribution in [3.8, 4) is 151 Å². The third-order valence-corrected chi connectivity index (χ3v) is 25.9. The summed E-state index contributed by atoms with van der Waals surface area (Å²) in [7, 11) is 0. The maximum atomic E-state index is 2.47. The van der Waals surface area contributed by atoms with Gasteiger partial charge in [-0.05, 0) is 264 Å². The highest BCUT2D eigenvalue weighted by molar-refractivity contribution is 6.22. The molecule has 21 aromatic carbocycles. The molecule has 0 fully saturated rings. The molecule has 0 radical (unpaired) electrons. The molecule has 0 bridgehead atoms. The Hall–Kier alpha value is -16.5. The van der Waals surface area contributed by atoms with Crippen molar-refractivity contribution < 1.29 is 0 Å². The van der Waals surface area contributed by atoms with E-state index in [0.717, 1.165) is 72.4 Å². The Bertz CT molecular complexity index is 7600. The molecule has 0 saturated heterocycles. The molecule has 0 saturated carbocycles. The maximum Gasteiger partial charge on any atom is 0.0541 e. The van der Waals surface area contributed by atoms with Gasteiger partial charge in [0.05, 0.1) is 33.1 Å². The van der Waals surface area contributed by atoms with Gasteiger partial charge < -0.3 is 13.7 Å². The second-order valence-electron chi connectivity index (χ2n) is 32.9. The molecule has 3 aromatic heterocycles. The first kappa shape index (κ1) is 72.5. The molecular weight excluding hydrogens is 1510 g/mol. The van der Waals surface area contributed by atoms with Gasteiger partial charge in [0.15, 0.2) is 0 Å². The SMILES string of the molecule is c1ccc(-c2ccccc2-c2ccc3c(c2)c2cc(-c4ccccc4-c4ccccc4)ccc2n3-c2ccc(-c3ccc4c(c3)c3cc(-c5ccc(-n6c7ccc(-c8ccccc8-c8ccccc8)cc7c7cc(-c8ccccc8-c8ccccc8)ccc76)cc5)ccc3n4-c3ccc(-c4c5ccccc5c(-c5ccccc5)c5ccccc45)cc3)cc2)cc1. The Morgan fingerprint density at radius 1 is 0.104 bits per heavy atom. The summed E-state index contributed by atoms with van der Waals surface area (Å²) in [6.45, 7) is 0. The molecule has 0 N–H and O–H groups in total. The summed E-state index contributed by atoms with van der Waals surface area (Å²) < 4.78 is 7.40. The lowest BCUT2D eigenvalue weighted by Gasteiger charge is -2.18. The summed E-state index contributed by atoms with van der Waals surface area (Å²) in [5.74, 6) is 0. The van der Waals surface area contributed by atoms with Crippen molar-refractivity contribution in [1.82, 2.24) is 13.7 Å². The lowest BCUT2D eigenvalue weighted by atomic mass is 9.86. The third kappa shape index (κ3) is 12.5. The van der Waals surface area contributed by atoms with Crippen LogP contribution in [-0.4, -0.2) is 13.7 Å². The van der Waals surface area contributed by atoms with Gasteiger partial charge in [-0.25, -0.2) is 0 Å². The molecule has 582 valence electrons. The Labute approximate surface area is 725 Å². The molecule has 24 aromatic rings. The lowest BCUT2D eigenvalue weighted by Crippen LogP contribution is -1.95. The summed E-state index contributed by atoms with van der Waals surface area (Å²) in [4.78, 5) is 0. The van der Waals surface area contributed by atoms with E-state index in [-0.39, 0.29) is 0 Å². The van der Waals surface area contributed by atoms with Crippen molar-refractivity contribution in [2.45, 2.75) is 0 Å². The van der Waals surface area contributed by atoms with E-state index in [1.54, 1.807) is 0 Å². The molecule has 0 spiro atoms. The summed E-state index contributed by atoms with van der Waals surface area (Å²) >= 11 is 0. The molecule has 0 aliphatic rings. The first-order valence-electron chi connectivity index (χ1n) is 43.2. The van der Waals surface area contributed by atoms with Gasteiger partial charge in [0, 0.05) is 49.4 Å². The second kappa shape index (κ2) is 30.4. The molecule has 0 aliphatic heterocycles. The van der Waals surface area contributed by atoms with E-state index in [9.17, 15) is 0 Å². The summed E-state index contributed by atoms with van der Waals surface area (Å²) in [6.07, 6.45) is 0. The summed E-state index contributed by atoms with van der Waals surface area (Å²) in [5, 5.41) is 12.1. The number of benzene rings is 21. The zero-order valence-electron chi connectivity index (χ0n) is 68.5. The van der Waals surface area contributed by atoms with Crippen LogP contribution in [0.1, 0.15) is 0 Å². The first-order chi connectivity index (χ1) is 62.0. The number of hydrogen-bond donors (Lipinski definition) is 0. The minimum absolute atomic E-state index is 1.09. The fraction of sp³-hybridized carbons (Fsp3) is 0. The summed E-state index contributed by atoms with van der Waals surface area (Å²) in [5.41, 5.74) is 38.7. The molecule has 0 amide bonds. The molecule has 0 aliphatic carbocycles. The highest BCUT2D eigenvalue weighted by atomic mass is 15.0. The van der Waals surface area contributed by atoms with Crippen LogP contribution in [0.3, 0.4) is 0 Å². The van der Waals surface area contributed by atoms with Gasteiger partial charge in [-0.15, -0.1) is 0 Å². The van der Waals surface area contributed by atoms with Crippen molar-refractivity contribution in [1.29, 1.82) is 0 Å². The molecule has 0 atom stereocenters. The van der Waals surface area contributed by atoms with Crippen LogP contribution >= 0.6 is 0 Å². The number of fused-ring (bicyclic) bond motifs is 11. The standard InChI is InChI=1S/C122H79N3/c1-6-28-82(29-7-1)97-38-16-20-42-101(97)90-58-70-117-111(76-90)112-77-91(102-43-21-17-39-98(102)83-30-8-2-9-31-83)59-71-118(112)123(117)94-62-50-80(51-63-94)88-56-68-115-109(74-88)110-75-89(57-69-116(110)125(115)96-66-54-87(55-67-96)122-107-48-26-24-46-105(107)121(86-36-14-5-15-37-86)106-47-25-27-49-108(106)122)81-52-64-95(65-53-81)124-119-72-60-92(103-44-22-18-40-99(103)84-32-10-3-11-33-84)78-113(119)114-79-93(61-73-120(114)124)104-45-23-19-41-100(104)85-34-12-4-13-35-85/h1-79H.